The van der Waals surface area contributed by atoms with Crippen molar-refractivity contribution < 1.29 is 9.13 Å². The minimum Gasteiger partial charge on any atom is -0.497 e. The van der Waals surface area contributed by atoms with Gasteiger partial charge in [-0.15, -0.1) is 10.2 Å². The number of likely N-dealkylation sites (N-methyl/N-ethyl adjacent to an activating group) is 1. The molecule has 162 valence electrons. The second-order valence-corrected chi connectivity index (χ2v) is 8.81. The maximum Gasteiger partial charge on any atom is 0.164 e. The Morgan fingerprint density at radius 3 is 2.55 bits per heavy atom. The first-order valence-corrected chi connectivity index (χ1v) is 10.8. The van der Waals surface area contributed by atoms with E-state index in [0.29, 0.717) is 0 Å². The maximum absolute atomic E-state index is 13.6. The molecular weight excluding hydrogens is 393 g/mol. The average molecular weight is 422 g/mol. The number of rotatable bonds is 4. The second-order valence-electron chi connectivity index (χ2n) is 8.81. The number of methoxy groups -OCH3 is 1. The van der Waals surface area contributed by atoms with Crippen molar-refractivity contribution in [3.8, 4) is 17.1 Å². The summed E-state index contributed by atoms with van der Waals surface area (Å²) in [6, 6.07) is 15.0. The van der Waals surface area contributed by atoms with Crippen molar-refractivity contribution in [3.05, 3.63) is 65.7 Å². The Morgan fingerprint density at radius 2 is 1.84 bits per heavy atom. The lowest BCUT2D eigenvalue weighted by atomic mass is 9.84. The van der Waals surface area contributed by atoms with E-state index >= 15 is 0 Å². The summed E-state index contributed by atoms with van der Waals surface area (Å²) in [5, 5.41) is 9.15. The van der Waals surface area contributed by atoms with Gasteiger partial charge in [-0.3, -0.25) is 9.80 Å². The monoisotopic (exact) mass is 421 g/mol. The van der Waals surface area contributed by atoms with Crippen molar-refractivity contribution in [1.29, 1.82) is 0 Å². The van der Waals surface area contributed by atoms with Gasteiger partial charge in [-0.05, 0) is 61.9 Å². The Balaban J connectivity index is 1.41. The molecule has 1 spiro atoms. The molecule has 1 aromatic heterocycles. The summed E-state index contributed by atoms with van der Waals surface area (Å²) in [5.41, 5.74) is 2.06. The number of likely N-dealkylation sites (tertiary alicyclic amines) is 1. The summed E-state index contributed by atoms with van der Waals surface area (Å²) >= 11 is 0. The zero-order chi connectivity index (χ0) is 21.4. The van der Waals surface area contributed by atoms with Gasteiger partial charge in [0.2, 0.25) is 0 Å². The van der Waals surface area contributed by atoms with Crippen LogP contribution in [0.1, 0.15) is 24.2 Å². The topological polar surface area (TPSA) is 46.4 Å². The van der Waals surface area contributed by atoms with Gasteiger partial charge in [0.25, 0.3) is 0 Å². The molecule has 5 rings (SSSR count). The molecule has 0 bridgehead atoms. The van der Waals surface area contributed by atoms with Crippen LogP contribution in [-0.4, -0.2) is 58.4 Å². The highest BCUT2D eigenvalue weighted by atomic mass is 19.1. The molecule has 2 aromatic carbocycles. The van der Waals surface area contributed by atoms with Crippen LogP contribution in [0.5, 0.6) is 5.75 Å². The number of aromatic nitrogens is 3. The first-order valence-electron chi connectivity index (χ1n) is 10.8. The lowest BCUT2D eigenvalue weighted by molar-refractivity contribution is 0.0490. The molecule has 0 atom stereocenters. The normalized spacial score (nSPS) is 18.8. The van der Waals surface area contributed by atoms with Gasteiger partial charge in [0.05, 0.1) is 19.2 Å². The van der Waals surface area contributed by atoms with Gasteiger partial charge in [0, 0.05) is 31.7 Å². The summed E-state index contributed by atoms with van der Waals surface area (Å²) in [5.74, 6) is 2.63. The van der Waals surface area contributed by atoms with Crippen molar-refractivity contribution in [3.63, 3.8) is 0 Å². The molecule has 0 N–H and O–H groups in total. The highest BCUT2D eigenvalue weighted by Gasteiger charge is 2.43. The van der Waals surface area contributed by atoms with Crippen molar-refractivity contribution >= 4 is 0 Å². The molecule has 0 saturated carbocycles. The van der Waals surface area contributed by atoms with Crippen molar-refractivity contribution in [2.45, 2.75) is 31.5 Å². The Morgan fingerprint density at radius 1 is 1.06 bits per heavy atom. The van der Waals surface area contributed by atoms with E-state index in [4.69, 9.17) is 4.74 Å². The molecule has 7 heteroatoms. The third-order valence-electron chi connectivity index (χ3n) is 6.61. The van der Waals surface area contributed by atoms with Gasteiger partial charge in [-0.25, -0.2) is 4.39 Å². The summed E-state index contributed by atoms with van der Waals surface area (Å²) in [6.07, 6.45) is 2.03. The van der Waals surface area contributed by atoms with Crippen molar-refractivity contribution in [2.75, 3.05) is 33.8 Å². The number of benzene rings is 2. The fourth-order valence-corrected chi connectivity index (χ4v) is 5.12. The number of halogens is 1. The van der Waals surface area contributed by atoms with E-state index in [1.165, 1.54) is 6.07 Å². The average Bonchev–Trinajstić information content (AvgIpc) is 3.20. The highest BCUT2D eigenvalue weighted by molar-refractivity contribution is 5.57. The molecule has 1 fully saturated rings. The molecular formula is C24H28FN5O. The number of fused-ring (bicyclic) bond motifs is 2. The minimum atomic E-state index is -0.168. The van der Waals surface area contributed by atoms with Crippen molar-refractivity contribution in [2.24, 2.45) is 0 Å². The number of nitrogens with zero attached hydrogens (tertiary/aromatic N) is 5. The van der Waals surface area contributed by atoms with Crippen LogP contribution in [-0.2, 0) is 18.6 Å². The molecule has 2 aliphatic heterocycles. The van der Waals surface area contributed by atoms with Crippen LogP contribution in [0.2, 0.25) is 0 Å². The second kappa shape index (κ2) is 8.05. The largest absolute Gasteiger partial charge is 0.497 e. The Hall–Kier alpha value is -2.77. The van der Waals surface area contributed by atoms with Gasteiger partial charge in [0.15, 0.2) is 5.82 Å². The first-order chi connectivity index (χ1) is 15.1. The molecule has 31 heavy (non-hydrogen) atoms. The van der Waals surface area contributed by atoms with Gasteiger partial charge < -0.3 is 9.30 Å². The molecule has 2 aliphatic rings. The molecule has 3 aromatic rings. The van der Waals surface area contributed by atoms with E-state index in [9.17, 15) is 4.39 Å². The summed E-state index contributed by atoms with van der Waals surface area (Å²) in [7, 11) is 3.84. The molecule has 0 aliphatic carbocycles. The van der Waals surface area contributed by atoms with E-state index in [0.717, 1.165) is 74.1 Å². The zero-order valence-electron chi connectivity index (χ0n) is 18.1. The zero-order valence-corrected chi connectivity index (χ0v) is 18.1. The van der Waals surface area contributed by atoms with Gasteiger partial charge in [-0.1, -0.05) is 12.1 Å². The van der Waals surface area contributed by atoms with Gasteiger partial charge in [-0.2, -0.15) is 0 Å². The third kappa shape index (κ3) is 3.83. The van der Waals surface area contributed by atoms with Crippen molar-refractivity contribution in [1.82, 2.24) is 24.6 Å². The van der Waals surface area contributed by atoms with Crippen LogP contribution in [0, 0.1) is 5.82 Å². The molecule has 0 radical (unpaired) electrons. The Kier molecular flexibility index (Phi) is 5.24. The maximum atomic E-state index is 13.6. The quantitative estimate of drug-likeness (QED) is 0.645. The van der Waals surface area contributed by atoms with Crippen LogP contribution in [0.15, 0.2) is 48.5 Å². The van der Waals surface area contributed by atoms with Gasteiger partial charge in [0.1, 0.15) is 17.4 Å². The third-order valence-corrected chi connectivity index (χ3v) is 6.61. The van der Waals surface area contributed by atoms with Gasteiger partial charge >= 0.3 is 0 Å². The smallest absolute Gasteiger partial charge is 0.164 e. The Labute approximate surface area is 182 Å². The van der Waals surface area contributed by atoms with E-state index in [1.54, 1.807) is 19.2 Å². The number of piperidine rings is 1. The molecule has 6 nitrogen and oxygen atoms in total. The van der Waals surface area contributed by atoms with Crippen LogP contribution in [0.25, 0.3) is 11.4 Å². The SMILES string of the molecule is COc1ccc(-c2nnc3n2C2(CCN(Cc4cccc(F)c4)CC2)CN(C)C3)cc1. The number of hydrogen-bond donors (Lipinski definition) is 0. The lowest BCUT2D eigenvalue weighted by Gasteiger charge is -2.48. The molecule has 0 unspecified atom stereocenters. The predicted molar refractivity (Wildman–Crippen MR) is 117 cm³/mol. The summed E-state index contributed by atoms with van der Waals surface area (Å²) in [6.45, 7) is 4.49. The van der Waals surface area contributed by atoms with E-state index < -0.39 is 0 Å². The molecule has 3 heterocycles. The fourth-order valence-electron chi connectivity index (χ4n) is 5.12. The van der Waals surface area contributed by atoms with Crippen LogP contribution in [0.3, 0.4) is 0 Å². The summed E-state index contributed by atoms with van der Waals surface area (Å²) < 4.78 is 21.3. The number of hydrogen-bond acceptors (Lipinski definition) is 5. The van der Waals surface area contributed by atoms with E-state index in [2.05, 4.69) is 43.7 Å². The standard InChI is InChI=1S/C24H28FN5O/c1-28-16-22-26-27-23(19-6-8-21(31-2)9-7-19)30(22)24(17-28)10-12-29(13-11-24)15-18-4-3-5-20(25)14-18/h3-9,14H,10-13,15-17H2,1-2H3. The van der Waals surface area contributed by atoms with Crippen LogP contribution >= 0.6 is 0 Å². The highest BCUT2D eigenvalue weighted by Crippen LogP contribution is 2.39. The molecule has 1 saturated heterocycles. The lowest BCUT2D eigenvalue weighted by Crippen LogP contribution is -2.55. The predicted octanol–water partition coefficient (Wildman–Crippen LogP) is 3.53. The van der Waals surface area contributed by atoms with E-state index in [1.807, 2.05) is 18.2 Å². The first kappa shape index (κ1) is 20.2. The summed E-state index contributed by atoms with van der Waals surface area (Å²) in [4.78, 5) is 4.77. The fraction of sp³-hybridized carbons (Fsp3) is 0.417. The minimum absolute atomic E-state index is 0.0282. The van der Waals surface area contributed by atoms with E-state index in [-0.39, 0.29) is 11.4 Å². The molecule has 0 amide bonds. The number of ether oxygens (including phenoxy) is 1. The van der Waals surface area contributed by atoms with Crippen LogP contribution < -0.4 is 4.74 Å². The Bertz CT molecular complexity index is 1060. The van der Waals surface area contributed by atoms with Crippen LogP contribution in [0.4, 0.5) is 4.39 Å².